The Labute approximate surface area is 189 Å². The summed E-state index contributed by atoms with van der Waals surface area (Å²) in [5.74, 6) is -0.115. The number of hydrogen-bond donors (Lipinski definition) is 2. The zero-order valence-electron chi connectivity index (χ0n) is 17.3. The van der Waals surface area contributed by atoms with Gasteiger partial charge in [-0.05, 0) is 37.1 Å². The van der Waals surface area contributed by atoms with Crippen LogP contribution in [-0.2, 0) is 4.74 Å². The van der Waals surface area contributed by atoms with Crippen LogP contribution < -0.4 is 15.4 Å². The summed E-state index contributed by atoms with van der Waals surface area (Å²) in [6.07, 6.45) is 6.35. The van der Waals surface area contributed by atoms with E-state index in [9.17, 15) is 9.18 Å². The van der Waals surface area contributed by atoms with E-state index in [1.54, 1.807) is 12.3 Å². The molecule has 10 heteroatoms. The number of amides is 1. The summed E-state index contributed by atoms with van der Waals surface area (Å²) in [5.41, 5.74) is 0.925. The van der Waals surface area contributed by atoms with Gasteiger partial charge in [-0.1, -0.05) is 11.6 Å². The maximum atomic E-state index is 14.3. The van der Waals surface area contributed by atoms with Crippen molar-refractivity contribution in [3.8, 4) is 17.1 Å². The fourth-order valence-corrected chi connectivity index (χ4v) is 3.50. The van der Waals surface area contributed by atoms with Crippen molar-refractivity contribution in [3.05, 3.63) is 59.3 Å². The molecule has 0 aliphatic carbocycles. The smallest absolute Gasteiger partial charge is 0.255 e. The molecule has 0 spiro atoms. The van der Waals surface area contributed by atoms with E-state index in [0.717, 1.165) is 12.8 Å². The van der Waals surface area contributed by atoms with Gasteiger partial charge in [-0.25, -0.2) is 14.4 Å². The van der Waals surface area contributed by atoms with Gasteiger partial charge in [0.2, 0.25) is 0 Å². The number of pyridine rings is 1. The highest BCUT2D eigenvalue weighted by atomic mass is 35.5. The third-order valence-corrected chi connectivity index (χ3v) is 5.21. The molecular weight excluding hydrogens is 437 g/mol. The van der Waals surface area contributed by atoms with Crippen LogP contribution in [0.1, 0.15) is 23.2 Å². The molecule has 1 aliphatic rings. The van der Waals surface area contributed by atoms with Gasteiger partial charge < -0.3 is 20.1 Å². The maximum Gasteiger partial charge on any atom is 0.255 e. The summed E-state index contributed by atoms with van der Waals surface area (Å²) in [6, 6.07) is 5.78. The van der Waals surface area contributed by atoms with Gasteiger partial charge in [0.15, 0.2) is 17.4 Å². The lowest BCUT2D eigenvalue weighted by Gasteiger charge is -2.15. The van der Waals surface area contributed by atoms with E-state index in [0.29, 0.717) is 35.2 Å². The minimum absolute atomic E-state index is 0.0177. The zero-order chi connectivity index (χ0) is 22.5. The Morgan fingerprint density at radius 3 is 3.00 bits per heavy atom. The number of nitrogens with one attached hydrogen (secondary N) is 2. The van der Waals surface area contributed by atoms with E-state index in [-0.39, 0.29) is 29.2 Å². The van der Waals surface area contributed by atoms with Crippen molar-refractivity contribution in [2.45, 2.75) is 18.9 Å². The van der Waals surface area contributed by atoms with Crippen molar-refractivity contribution in [1.29, 1.82) is 0 Å². The second kappa shape index (κ2) is 9.88. The molecule has 2 aromatic heterocycles. The quantitative estimate of drug-likeness (QED) is 0.553. The van der Waals surface area contributed by atoms with Crippen LogP contribution in [0.15, 0.2) is 42.9 Å². The number of anilines is 2. The molecule has 1 atom stereocenters. The number of rotatable bonds is 7. The Bertz CT molecular complexity index is 1120. The lowest BCUT2D eigenvalue weighted by molar-refractivity contribution is 0.0858. The molecule has 166 valence electrons. The topological polar surface area (TPSA) is 98.3 Å². The maximum absolute atomic E-state index is 14.3. The van der Waals surface area contributed by atoms with Crippen LogP contribution in [0, 0.1) is 5.82 Å². The largest absolute Gasteiger partial charge is 0.491 e. The molecule has 2 N–H and O–H groups in total. The van der Waals surface area contributed by atoms with Crippen LogP contribution in [0.4, 0.5) is 15.9 Å². The molecule has 1 aromatic carbocycles. The first-order chi connectivity index (χ1) is 15.5. The molecule has 3 aromatic rings. The highest BCUT2D eigenvalue weighted by Gasteiger charge is 2.20. The predicted molar refractivity (Wildman–Crippen MR) is 118 cm³/mol. The van der Waals surface area contributed by atoms with Crippen molar-refractivity contribution in [2.75, 3.05) is 25.6 Å². The van der Waals surface area contributed by atoms with E-state index >= 15 is 0 Å². The van der Waals surface area contributed by atoms with Gasteiger partial charge in [-0.15, -0.1) is 0 Å². The lowest BCUT2D eigenvalue weighted by atomic mass is 10.2. The first-order valence-electron chi connectivity index (χ1n) is 10.0. The number of nitrogens with zero attached hydrogens (tertiary/aromatic N) is 3. The summed E-state index contributed by atoms with van der Waals surface area (Å²) in [7, 11) is 1.46. The van der Waals surface area contributed by atoms with Gasteiger partial charge in [-0.3, -0.25) is 9.78 Å². The highest BCUT2D eigenvalue weighted by molar-refractivity contribution is 6.30. The average molecular weight is 458 g/mol. The van der Waals surface area contributed by atoms with Gasteiger partial charge in [0.1, 0.15) is 5.82 Å². The summed E-state index contributed by atoms with van der Waals surface area (Å²) in [5, 5.41) is 6.31. The van der Waals surface area contributed by atoms with Crippen molar-refractivity contribution in [1.82, 2.24) is 20.3 Å². The van der Waals surface area contributed by atoms with Crippen molar-refractivity contribution in [2.24, 2.45) is 0 Å². The highest BCUT2D eigenvalue weighted by Crippen LogP contribution is 2.30. The molecule has 0 radical (unpaired) electrons. The van der Waals surface area contributed by atoms with Crippen LogP contribution in [0.3, 0.4) is 0 Å². The van der Waals surface area contributed by atoms with Crippen molar-refractivity contribution >= 4 is 29.0 Å². The standard InChI is InChI=1S/C22H21ClFN5O3/c1-31-19-12-26-20(15-9-13(23)4-5-17(15)24)29-21(19)28-18-6-7-25-11-16(18)22(30)27-10-14-3-2-8-32-14/h4-7,9,11-12,14H,2-3,8,10H2,1H3,(H,27,30)(H,25,26,28,29). The fourth-order valence-electron chi connectivity index (χ4n) is 3.33. The third kappa shape index (κ3) is 4.95. The molecule has 1 amide bonds. The Balaban J connectivity index is 1.61. The first-order valence-corrected chi connectivity index (χ1v) is 10.4. The summed E-state index contributed by atoms with van der Waals surface area (Å²) in [4.78, 5) is 25.4. The minimum atomic E-state index is -0.511. The van der Waals surface area contributed by atoms with Gasteiger partial charge in [0.25, 0.3) is 5.91 Å². The Kier molecular flexibility index (Phi) is 6.77. The number of methoxy groups -OCH3 is 1. The van der Waals surface area contributed by atoms with E-state index in [2.05, 4.69) is 25.6 Å². The normalized spacial score (nSPS) is 15.4. The third-order valence-electron chi connectivity index (χ3n) is 4.98. The van der Waals surface area contributed by atoms with Gasteiger partial charge in [0.05, 0.1) is 36.2 Å². The molecule has 1 unspecified atom stereocenters. The Morgan fingerprint density at radius 1 is 1.34 bits per heavy atom. The molecule has 4 rings (SSSR count). The Morgan fingerprint density at radius 2 is 2.22 bits per heavy atom. The molecule has 3 heterocycles. The van der Waals surface area contributed by atoms with Gasteiger partial charge >= 0.3 is 0 Å². The number of carbonyl (C=O) groups is 1. The summed E-state index contributed by atoms with van der Waals surface area (Å²) >= 11 is 6.00. The van der Waals surface area contributed by atoms with Crippen molar-refractivity contribution < 1.29 is 18.7 Å². The number of ether oxygens (including phenoxy) is 2. The number of carbonyl (C=O) groups excluding carboxylic acids is 1. The summed E-state index contributed by atoms with van der Waals surface area (Å²) < 4.78 is 25.2. The van der Waals surface area contributed by atoms with E-state index < -0.39 is 5.82 Å². The molecule has 0 bridgehead atoms. The number of aromatic nitrogens is 3. The molecule has 32 heavy (non-hydrogen) atoms. The van der Waals surface area contributed by atoms with Crippen LogP contribution in [0.2, 0.25) is 5.02 Å². The average Bonchev–Trinajstić information content (AvgIpc) is 3.33. The summed E-state index contributed by atoms with van der Waals surface area (Å²) in [6.45, 7) is 1.13. The number of hydrogen-bond acceptors (Lipinski definition) is 7. The fraction of sp³-hybridized carbons (Fsp3) is 0.273. The van der Waals surface area contributed by atoms with Crippen LogP contribution in [0.25, 0.3) is 11.4 Å². The van der Waals surface area contributed by atoms with E-state index in [1.165, 1.54) is 37.7 Å². The number of benzene rings is 1. The number of halogens is 2. The SMILES string of the molecule is COc1cnc(-c2cc(Cl)ccc2F)nc1Nc1ccncc1C(=O)NCC1CCCO1. The van der Waals surface area contributed by atoms with E-state index in [4.69, 9.17) is 21.1 Å². The Hall–Kier alpha value is -3.30. The van der Waals surface area contributed by atoms with Gasteiger partial charge in [-0.2, -0.15) is 0 Å². The van der Waals surface area contributed by atoms with E-state index in [1.807, 2.05) is 0 Å². The molecule has 1 fully saturated rings. The lowest BCUT2D eigenvalue weighted by Crippen LogP contribution is -2.32. The molecule has 1 aliphatic heterocycles. The minimum Gasteiger partial charge on any atom is -0.491 e. The molecule has 0 saturated carbocycles. The predicted octanol–water partition coefficient (Wildman–Crippen LogP) is 3.99. The molecule has 1 saturated heterocycles. The second-order valence-corrected chi connectivity index (χ2v) is 7.56. The van der Waals surface area contributed by atoms with Crippen LogP contribution >= 0.6 is 11.6 Å². The molecular formula is C22H21ClFN5O3. The second-order valence-electron chi connectivity index (χ2n) is 7.13. The first kappa shape index (κ1) is 21.9. The van der Waals surface area contributed by atoms with Gasteiger partial charge in [0, 0.05) is 30.6 Å². The van der Waals surface area contributed by atoms with Crippen LogP contribution in [-0.4, -0.2) is 47.2 Å². The van der Waals surface area contributed by atoms with Crippen LogP contribution in [0.5, 0.6) is 5.75 Å². The zero-order valence-corrected chi connectivity index (χ0v) is 18.0. The monoisotopic (exact) mass is 457 g/mol. The molecule has 8 nitrogen and oxygen atoms in total. The van der Waals surface area contributed by atoms with Crippen molar-refractivity contribution in [3.63, 3.8) is 0 Å².